The van der Waals surface area contributed by atoms with E-state index in [2.05, 4.69) is 10.0 Å². The molecule has 0 spiro atoms. The normalized spacial score (nSPS) is 10.9. The Bertz CT molecular complexity index is 1020. The number of rotatable bonds is 8. The van der Waals surface area contributed by atoms with E-state index in [1.165, 1.54) is 25.3 Å². The number of nitrogens with one attached hydrogen (secondary N) is 2. The molecular weight excluding hydrogens is 396 g/mol. The van der Waals surface area contributed by atoms with Crippen LogP contribution in [0.1, 0.15) is 40.1 Å². The van der Waals surface area contributed by atoms with Crippen molar-refractivity contribution in [3.8, 4) is 5.75 Å². The Morgan fingerprint density at radius 2 is 1.79 bits per heavy atom. The highest BCUT2D eigenvalue weighted by Gasteiger charge is 2.21. The SMILES string of the molecule is CCNC(=O)c1cc(S(=O)(=O)Nc2cccc(C(=O)OCC)c2C)ccc1OC. The lowest BCUT2D eigenvalue weighted by Gasteiger charge is -2.15. The summed E-state index contributed by atoms with van der Waals surface area (Å²) in [6.45, 7) is 5.67. The Morgan fingerprint density at radius 3 is 2.41 bits per heavy atom. The van der Waals surface area contributed by atoms with Gasteiger partial charge in [-0.1, -0.05) is 6.07 Å². The molecular formula is C20H24N2O6S. The molecule has 2 aromatic rings. The molecule has 1 amide bonds. The molecule has 0 fully saturated rings. The summed E-state index contributed by atoms with van der Waals surface area (Å²) >= 11 is 0. The zero-order valence-electron chi connectivity index (χ0n) is 16.7. The smallest absolute Gasteiger partial charge is 0.338 e. The lowest BCUT2D eigenvalue weighted by molar-refractivity contribution is 0.0525. The summed E-state index contributed by atoms with van der Waals surface area (Å²) in [7, 11) is -2.63. The van der Waals surface area contributed by atoms with Crippen LogP contribution in [0.5, 0.6) is 5.75 Å². The first-order valence-electron chi connectivity index (χ1n) is 9.00. The maximum absolute atomic E-state index is 12.9. The average Bonchev–Trinajstić information content (AvgIpc) is 2.69. The van der Waals surface area contributed by atoms with Crippen molar-refractivity contribution in [3.63, 3.8) is 0 Å². The molecule has 0 saturated carbocycles. The van der Waals surface area contributed by atoms with Crippen molar-refractivity contribution in [1.29, 1.82) is 0 Å². The minimum atomic E-state index is -4.02. The van der Waals surface area contributed by atoms with E-state index in [0.29, 0.717) is 12.1 Å². The van der Waals surface area contributed by atoms with Crippen molar-refractivity contribution >= 4 is 27.6 Å². The molecule has 0 saturated heterocycles. The van der Waals surface area contributed by atoms with Gasteiger partial charge < -0.3 is 14.8 Å². The molecule has 156 valence electrons. The second-order valence-corrected chi connectivity index (χ2v) is 7.71. The molecule has 9 heteroatoms. The van der Waals surface area contributed by atoms with Crippen LogP contribution in [0, 0.1) is 6.92 Å². The predicted octanol–water partition coefficient (Wildman–Crippen LogP) is 2.73. The van der Waals surface area contributed by atoms with Gasteiger partial charge in [-0.05, 0) is 56.7 Å². The Balaban J connectivity index is 2.42. The van der Waals surface area contributed by atoms with Gasteiger partial charge in [0.1, 0.15) is 5.75 Å². The summed E-state index contributed by atoms with van der Waals surface area (Å²) in [5, 5.41) is 2.62. The number of hydrogen-bond acceptors (Lipinski definition) is 6. The average molecular weight is 420 g/mol. The van der Waals surface area contributed by atoms with Gasteiger partial charge in [-0.3, -0.25) is 9.52 Å². The first kappa shape index (κ1) is 22.2. The third kappa shape index (κ3) is 5.05. The van der Waals surface area contributed by atoms with E-state index < -0.39 is 21.9 Å². The molecule has 0 aliphatic rings. The van der Waals surface area contributed by atoms with Crippen LogP contribution >= 0.6 is 0 Å². The quantitative estimate of drug-likeness (QED) is 0.636. The highest BCUT2D eigenvalue weighted by atomic mass is 32.2. The number of ether oxygens (including phenoxy) is 2. The summed E-state index contributed by atoms with van der Waals surface area (Å²) in [6, 6.07) is 8.67. The Morgan fingerprint density at radius 1 is 1.07 bits per heavy atom. The van der Waals surface area contributed by atoms with E-state index in [4.69, 9.17) is 9.47 Å². The lowest BCUT2D eigenvalue weighted by atomic mass is 10.1. The second-order valence-electron chi connectivity index (χ2n) is 6.03. The lowest BCUT2D eigenvalue weighted by Crippen LogP contribution is -2.24. The van der Waals surface area contributed by atoms with Gasteiger partial charge in [0, 0.05) is 6.54 Å². The molecule has 29 heavy (non-hydrogen) atoms. The molecule has 0 aliphatic carbocycles. The fourth-order valence-corrected chi connectivity index (χ4v) is 3.82. The van der Waals surface area contributed by atoms with E-state index in [-0.39, 0.29) is 34.1 Å². The van der Waals surface area contributed by atoms with E-state index in [1.54, 1.807) is 39.0 Å². The number of carbonyl (C=O) groups is 2. The molecule has 0 unspecified atom stereocenters. The summed E-state index contributed by atoms with van der Waals surface area (Å²) < 4.78 is 38.4. The van der Waals surface area contributed by atoms with E-state index in [0.717, 1.165) is 0 Å². The van der Waals surface area contributed by atoms with Crippen LogP contribution in [0.25, 0.3) is 0 Å². The number of hydrogen-bond donors (Lipinski definition) is 2. The Labute approximate surface area is 170 Å². The van der Waals surface area contributed by atoms with Crippen LogP contribution in [0.2, 0.25) is 0 Å². The first-order valence-corrected chi connectivity index (χ1v) is 10.5. The minimum Gasteiger partial charge on any atom is -0.496 e. The zero-order valence-corrected chi connectivity index (χ0v) is 17.6. The Kier molecular flexibility index (Phi) is 7.22. The van der Waals surface area contributed by atoms with Crippen molar-refractivity contribution in [2.45, 2.75) is 25.7 Å². The molecule has 0 bridgehead atoms. The van der Waals surface area contributed by atoms with Crippen LogP contribution in [-0.2, 0) is 14.8 Å². The van der Waals surface area contributed by atoms with Gasteiger partial charge in [-0.25, -0.2) is 13.2 Å². The van der Waals surface area contributed by atoms with Gasteiger partial charge in [0.15, 0.2) is 0 Å². The fourth-order valence-electron chi connectivity index (χ4n) is 2.67. The van der Waals surface area contributed by atoms with Crippen LogP contribution in [0.15, 0.2) is 41.3 Å². The van der Waals surface area contributed by atoms with Crippen molar-refractivity contribution in [2.24, 2.45) is 0 Å². The Hall–Kier alpha value is -3.07. The van der Waals surface area contributed by atoms with E-state index in [1.807, 2.05) is 0 Å². The first-order chi connectivity index (χ1) is 13.7. The number of anilines is 1. The summed E-state index contributed by atoms with van der Waals surface area (Å²) in [4.78, 5) is 24.2. The monoisotopic (exact) mass is 420 g/mol. The van der Waals surface area contributed by atoms with Crippen LogP contribution in [-0.4, -0.2) is 40.6 Å². The molecule has 0 radical (unpaired) electrons. The number of amides is 1. The predicted molar refractivity (Wildman–Crippen MR) is 109 cm³/mol. The number of methoxy groups -OCH3 is 1. The minimum absolute atomic E-state index is 0.106. The van der Waals surface area contributed by atoms with Crippen LogP contribution in [0.4, 0.5) is 5.69 Å². The molecule has 0 aliphatic heterocycles. The maximum Gasteiger partial charge on any atom is 0.338 e. The topological polar surface area (TPSA) is 111 Å². The van der Waals surface area contributed by atoms with Crippen LogP contribution < -0.4 is 14.8 Å². The van der Waals surface area contributed by atoms with Gasteiger partial charge in [-0.15, -0.1) is 0 Å². The maximum atomic E-state index is 12.9. The van der Waals surface area contributed by atoms with Crippen LogP contribution in [0.3, 0.4) is 0 Å². The van der Waals surface area contributed by atoms with Gasteiger partial charge >= 0.3 is 5.97 Å². The van der Waals surface area contributed by atoms with Crippen molar-refractivity contribution in [3.05, 3.63) is 53.1 Å². The largest absolute Gasteiger partial charge is 0.496 e. The van der Waals surface area contributed by atoms with Crippen molar-refractivity contribution in [2.75, 3.05) is 25.0 Å². The molecule has 0 atom stereocenters. The molecule has 8 nitrogen and oxygen atoms in total. The second kappa shape index (κ2) is 9.42. The highest BCUT2D eigenvalue weighted by Crippen LogP contribution is 2.26. The third-order valence-corrected chi connectivity index (χ3v) is 5.50. The molecule has 0 heterocycles. The number of esters is 1. The summed E-state index contributed by atoms with van der Waals surface area (Å²) in [5.41, 5.74) is 1.05. The standard InChI is InChI=1S/C20H24N2O6S/c1-5-21-19(23)16-12-14(10-11-18(16)27-4)29(25,26)22-17-9-7-8-15(13(17)3)20(24)28-6-2/h7-12,22H,5-6H2,1-4H3,(H,21,23). The number of carbonyl (C=O) groups excluding carboxylic acids is 2. The third-order valence-electron chi connectivity index (χ3n) is 4.14. The summed E-state index contributed by atoms with van der Waals surface area (Å²) in [5.74, 6) is -0.716. The highest BCUT2D eigenvalue weighted by molar-refractivity contribution is 7.92. The zero-order chi connectivity index (χ0) is 21.6. The number of benzene rings is 2. The molecule has 2 N–H and O–H groups in total. The molecule has 2 aromatic carbocycles. The summed E-state index contributed by atoms with van der Waals surface area (Å²) in [6.07, 6.45) is 0. The van der Waals surface area contributed by atoms with Crippen molar-refractivity contribution in [1.82, 2.24) is 5.32 Å². The van der Waals surface area contributed by atoms with Gasteiger partial charge in [0.2, 0.25) is 0 Å². The van der Waals surface area contributed by atoms with Gasteiger partial charge in [0.05, 0.1) is 35.4 Å². The van der Waals surface area contributed by atoms with Crippen molar-refractivity contribution < 1.29 is 27.5 Å². The number of sulfonamides is 1. The fraction of sp³-hybridized carbons (Fsp3) is 0.300. The van der Waals surface area contributed by atoms with E-state index >= 15 is 0 Å². The van der Waals surface area contributed by atoms with Gasteiger partial charge in [-0.2, -0.15) is 0 Å². The molecule has 2 rings (SSSR count). The van der Waals surface area contributed by atoms with E-state index in [9.17, 15) is 18.0 Å². The van der Waals surface area contributed by atoms with Gasteiger partial charge in [0.25, 0.3) is 15.9 Å². The molecule has 0 aromatic heterocycles.